The van der Waals surface area contributed by atoms with Gasteiger partial charge in [-0.05, 0) is 79.2 Å². The lowest BCUT2D eigenvalue weighted by Gasteiger charge is -2.27. The number of likely N-dealkylation sites (tertiary alicyclic amines) is 1. The van der Waals surface area contributed by atoms with Crippen molar-refractivity contribution in [1.29, 1.82) is 0 Å². The van der Waals surface area contributed by atoms with E-state index in [4.69, 9.17) is 4.74 Å². The molecule has 2 aliphatic rings. The molecule has 0 radical (unpaired) electrons. The number of sulfone groups is 1. The highest BCUT2D eigenvalue weighted by Crippen LogP contribution is 2.32. The van der Waals surface area contributed by atoms with Crippen LogP contribution in [0.25, 0.3) is 11.1 Å². The summed E-state index contributed by atoms with van der Waals surface area (Å²) in [6.45, 7) is 5.25. The fraction of sp³-hybridized carbons (Fsp3) is 0.576. The maximum atomic E-state index is 13.5. The molecule has 1 aliphatic carbocycles. The molecular formula is C33H46N2O6S2. The summed E-state index contributed by atoms with van der Waals surface area (Å²) in [6.07, 6.45) is 10.6. The highest BCUT2D eigenvalue weighted by Gasteiger charge is 2.32. The Morgan fingerprint density at radius 2 is 1.84 bits per heavy atom. The van der Waals surface area contributed by atoms with E-state index in [2.05, 4.69) is 16.5 Å². The van der Waals surface area contributed by atoms with Gasteiger partial charge < -0.3 is 15.2 Å². The van der Waals surface area contributed by atoms with Crippen molar-refractivity contribution in [2.75, 3.05) is 38.0 Å². The van der Waals surface area contributed by atoms with Gasteiger partial charge in [-0.15, -0.1) is 0 Å². The first-order valence-electron chi connectivity index (χ1n) is 15.3. The van der Waals surface area contributed by atoms with Crippen molar-refractivity contribution in [2.45, 2.75) is 75.7 Å². The fourth-order valence-electron chi connectivity index (χ4n) is 6.25. The van der Waals surface area contributed by atoms with Crippen LogP contribution in [0.15, 0.2) is 42.5 Å². The average molecular weight is 631 g/mol. The minimum Gasteiger partial charge on any atom is -0.480 e. The van der Waals surface area contributed by atoms with Gasteiger partial charge in [-0.25, -0.2) is 13.2 Å². The SMILES string of the molecule is CS[C@H]1C[C@@H](COCC2CCCCC2)N(Cc2ccc(C(=O)N[C@@H](CCS(C)(=O)=O)C(=O)O)c(-c3ccccc3C)c2)C1. The van der Waals surface area contributed by atoms with Gasteiger partial charge in [-0.3, -0.25) is 9.69 Å². The van der Waals surface area contributed by atoms with Crippen molar-refractivity contribution in [3.05, 3.63) is 59.2 Å². The number of carbonyl (C=O) groups excluding carboxylic acids is 1. The summed E-state index contributed by atoms with van der Waals surface area (Å²) in [5, 5.41) is 12.8. The van der Waals surface area contributed by atoms with Gasteiger partial charge >= 0.3 is 5.97 Å². The van der Waals surface area contributed by atoms with E-state index in [1.807, 2.05) is 55.1 Å². The first kappa shape index (κ1) is 33.5. The van der Waals surface area contributed by atoms with Gasteiger partial charge in [0, 0.05) is 42.8 Å². The molecule has 0 bridgehead atoms. The Balaban J connectivity index is 1.54. The van der Waals surface area contributed by atoms with Crippen LogP contribution >= 0.6 is 11.8 Å². The summed E-state index contributed by atoms with van der Waals surface area (Å²) in [5.74, 6) is -1.45. The number of hydrogen-bond donors (Lipinski definition) is 2. The second-order valence-electron chi connectivity index (χ2n) is 12.2. The number of aliphatic carboxylic acids is 1. The number of nitrogens with zero attached hydrogens (tertiary/aromatic N) is 1. The minimum absolute atomic E-state index is 0.201. The Hall–Kier alpha value is -2.40. The topological polar surface area (TPSA) is 113 Å². The Morgan fingerprint density at radius 3 is 2.51 bits per heavy atom. The van der Waals surface area contributed by atoms with Crippen molar-refractivity contribution >= 4 is 33.5 Å². The summed E-state index contributed by atoms with van der Waals surface area (Å²) in [5.41, 5.74) is 4.05. The van der Waals surface area contributed by atoms with Gasteiger partial charge in [0.15, 0.2) is 0 Å². The third kappa shape index (κ3) is 9.80. The van der Waals surface area contributed by atoms with Crippen LogP contribution in [0, 0.1) is 12.8 Å². The molecular weight excluding hydrogens is 585 g/mol. The molecule has 0 unspecified atom stereocenters. The number of carboxylic acids is 1. The molecule has 1 saturated carbocycles. The molecule has 0 spiro atoms. The first-order valence-corrected chi connectivity index (χ1v) is 18.6. The van der Waals surface area contributed by atoms with Crippen molar-refractivity contribution in [3.8, 4) is 11.1 Å². The Morgan fingerprint density at radius 1 is 1.09 bits per heavy atom. The highest BCUT2D eigenvalue weighted by atomic mass is 32.2. The van der Waals surface area contributed by atoms with Gasteiger partial charge in [0.1, 0.15) is 15.9 Å². The number of carbonyl (C=O) groups is 2. The quantitative estimate of drug-likeness (QED) is 0.294. The number of benzene rings is 2. The molecule has 2 aromatic carbocycles. The van der Waals surface area contributed by atoms with Gasteiger partial charge in [-0.1, -0.05) is 49.6 Å². The van der Waals surface area contributed by atoms with Gasteiger partial charge in [0.05, 0.1) is 12.4 Å². The van der Waals surface area contributed by atoms with E-state index in [1.165, 1.54) is 32.1 Å². The smallest absolute Gasteiger partial charge is 0.326 e. The van der Waals surface area contributed by atoms with Crippen LogP contribution in [0.2, 0.25) is 0 Å². The van der Waals surface area contributed by atoms with E-state index < -0.39 is 27.8 Å². The average Bonchev–Trinajstić information content (AvgIpc) is 3.36. The largest absolute Gasteiger partial charge is 0.480 e. The summed E-state index contributed by atoms with van der Waals surface area (Å²) >= 11 is 1.90. The molecule has 2 fully saturated rings. The van der Waals surface area contributed by atoms with Crippen LogP contribution in [0.4, 0.5) is 0 Å². The Bertz CT molecular complexity index is 1360. The molecule has 8 nitrogen and oxygen atoms in total. The summed E-state index contributed by atoms with van der Waals surface area (Å²) < 4.78 is 29.6. The molecule has 4 rings (SSSR count). The first-order chi connectivity index (χ1) is 20.5. The third-order valence-corrected chi connectivity index (χ3v) is 10.7. The van der Waals surface area contributed by atoms with Gasteiger partial charge in [0.2, 0.25) is 0 Å². The third-order valence-electron chi connectivity index (χ3n) is 8.74. The van der Waals surface area contributed by atoms with E-state index in [0.717, 1.165) is 61.2 Å². The molecule has 43 heavy (non-hydrogen) atoms. The minimum atomic E-state index is -3.38. The molecule has 1 amide bonds. The van der Waals surface area contributed by atoms with Crippen LogP contribution < -0.4 is 5.32 Å². The maximum Gasteiger partial charge on any atom is 0.326 e. The lowest BCUT2D eigenvalue weighted by Crippen LogP contribution is -2.42. The standard InChI is InChI=1S/C33H46N2O6S2/c1-23-9-7-8-12-28(23)30-17-25(13-14-29(30)32(36)34-31(33(37)38)15-16-43(3,39)40)19-35-20-27(42-2)18-26(35)22-41-21-24-10-5-4-6-11-24/h7-9,12-14,17,24,26-27,31H,4-6,10-11,15-16,18-22H2,1-3H3,(H,34,36)(H,37,38)/t26-,27-,31-/m0/s1. The molecule has 0 aromatic heterocycles. The normalized spacial score (nSPS) is 20.6. The number of hydrogen-bond acceptors (Lipinski definition) is 7. The predicted octanol–water partition coefficient (Wildman–Crippen LogP) is 5.18. The summed E-state index contributed by atoms with van der Waals surface area (Å²) in [6, 6.07) is 12.6. The van der Waals surface area contributed by atoms with Crippen LogP contribution in [0.3, 0.4) is 0 Å². The highest BCUT2D eigenvalue weighted by molar-refractivity contribution is 7.99. The molecule has 10 heteroatoms. The molecule has 2 N–H and O–H groups in total. The zero-order valence-electron chi connectivity index (χ0n) is 25.6. The van der Waals surface area contributed by atoms with Crippen LogP contribution in [-0.2, 0) is 25.9 Å². The lowest BCUT2D eigenvalue weighted by molar-refractivity contribution is -0.139. The fourth-order valence-corrected chi connectivity index (χ4v) is 7.66. The second kappa shape index (κ2) is 15.5. The van der Waals surface area contributed by atoms with Crippen molar-refractivity contribution in [1.82, 2.24) is 10.2 Å². The van der Waals surface area contributed by atoms with Crippen molar-refractivity contribution < 1.29 is 27.9 Å². The van der Waals surface area contributed by atoms with Crippen molar-refractivity contribution in [2.24, 2.45) is 5.92 Å². The van der Waals surface area contributed by atoms with Gasteiger partial charge in [-0.2, -0.15) is 11.8 Å². The predicted molar refractivity (Wildman–Crippen MR) is 173 cm³/mol. The number of rotatable bonds is 14. The van der Waals surface area contributed by atoms with E-state index in [-0.39, 0.29) is 12.2 Å². The number of thioether (sulfide) groups is 1. The molecule has 2 aromatic rings. The zero-order valence-corrected chi connectivity index (χ0v) is 27.2. The van der Waals surface area contributed by atoms with Crippen molar-refractivity contribution in [3.63, 3.8) is 0 Å². The van der Waals surface area contributed by atoms with E-state index in [9.17, 15) is 23.1 Å². The summed E-state index contributed by atoms with van der Waals surface area (Å²) in [7, 11) is -3.38. The van der Waals surface area contributed by atoms with Crippen LogP contribution in [0.5, 0.6) is 0 Å². The number of aryl methyl sites for hydroxylation is 1. The molecule has 236 valence electrons. The Labute approximate surface area is 260 Å². The van der Waals surface area contributed by atoms with E-state index in [1.54, 1.807) is 6.07 Å². The summed E-state index contributed by atoms with van der Waals surface area (Å²) in [4.78, 5) is 27.8. The van der Waals surface area contributed by atoms with Crippen LogP contribution in [-0.4, -0.2) is 85.7 Å². The molecule has 1 aliphatic heterocycles. The van der Waals surface area contributed by atoms with Gasteiger partial charge in [0.25, 0.3) is 5.91 Å². The lowest BCUT2D eigenvalue weighted by atomic mass is 9.90. The molecule has 1 saturated heterocycles. The molecule has 3 atom stereocenters. The molecule has 1 heterocycles. The number of ether oxygens (including phenoxy) is 1. The number of nitrogens with one attached hydrogen (secondary N) is 1. The second-order valence-corrected chi connectivity index (χ2v) is 15.6. The van der Waals surface area contributed by atoms with E-state index >= 15 is 0 Å². The zero-order chi connectivity index (χ0) is 31.0. The van der Waals surface area contributed by atoms with Crippen LogP contribution in [0.1, 0.15) is 66.4 Å². The number of carboxylic acid groups (broad SMARTS) is 1. The Kier molecular flexibility index (Phi) is 12.1. The van der Waals surface area contributed by atoms with E-state index in [0.29, 0.717) is 22.8 Å². The number of amides is 1. The maximum absolute atomic E-state index is 13.5. The monoisotopic (exact) mass is 630 g/mol.